The maximum Gasteiger partial charge on any atom is 0.250 e. The fraction of sp³-hybridized carbons (Fsp3) is 0.731. The molecule has 0 saturated heterocycles. The normalized spacial score (nSPS) is 35.7. The summed E-state index contributed by atoms with van der Waals surface area (Å²) in [6.07, 6.45) is 19.2. The van der Waals surface area contributed by atoms with Crippen LogP contribution in [0.25, 0.3) is 0 Å². The van der Waals surface area contributed by atoms with Gasteiger partial charge in [0.15, 0.2) is 0 Å². The van der Waals surface area contributed by atoms with Crippen molar-refractivity contribution in [3.63, 3.8) is 0 Å². The molecule has 0 aliphatic heterocycles. The van der Waals surface area contributed by atoms with Gasteiger partial charge in [0.1, 0.15) is 5.78 Å². The summed E-state index contributed by atoms with van der Waals surface area (Å²) in [5.74, 6) is 2.47. The lowest BCUT2D eigenvalue weighted by molar-refractivity contribution is -0.129. The molecule has 4 atom stereocenters. The van der Waals surface area contributed by atoms with E-state index in [-0.39, 0.29) is 15.9 Å². The zero-order chi connectivity index (χ0) is 21.5. The predicted molar refractivity (Wildman–Crippen MR) is 125 cm³/mol. The molecule has 29 heavy (non-hydrogen) atoms. The summed E-state index contributed by atoms with van der Waals surface area (Å²) < 4.78 is 6.47. The molecule has 0 aromatic rings. The lowest BCUT2D eigenvalue weighted by atomic mass is 9.65. The van der Waals surface area contributed by atoms with Crippen LogP contribution in [-0.4, -0.2) is 14.1 Å². The van der Waals surface area contributed by atoms with Crippen molar-refractivity contribution in [2.24, 2.45) is 22.7 Å². The van der Waals surface area contributed by atoms with E-state index >= 15 is 0 Å². The first kappa shape index (κ1) is 22.6. The summed E-state index contributed by atoms with van der Waals surface area (Å²) in [5, 5.41) is 0.223. The van der Waals surface area contributed by atoms with Gasteiger partial charge < -0.3 is 4.43 Å². The third kappa shape index (κ3) is 4.65. The Bertz CT molecular complexity index is 723. The highest BCUT2D eigenvalue weighted by molar-refractivity contribution is 6.74. The summed E-state index contributed by atoms with van der Waals surface area (Å²) in [5.41, 5.74) is 0.372. The van der Waals surface area contributed by atoms with Crippen molar-refractivity contribution in [3.05, 3.63) is 36.1 Å². The second-order valence-corrected chi connectivity index (χ2v) is 16.6. The minimum atomic E-state index is -1.77. The molecule has 0 spiro atoms. The molecule has 0 N–H and O–H groups in total. The number of carbonyl (C=O) groups excluding carboxylic acids is 1. The molecule has 0 aromatic carbocycles. The molecule has 2 fully saturated rings. The van der Waals surface area contributed by atoms with Gasteiger partial charge in [-0.05, 0) is 85.6 Å². The van der Waals surface area contributed by atoms with Gasteiger partial charge in [0.2, 0.25) is 8.32 Å². The first-order chi connectivity index (χ1) is 13.4. The summed E-state index contributed by atoms with van der Waals surface area (Å²) >= 11 is 0. The molecule has 0 aromatic heterocycles. The van der Waals surface area contributed by atoms with Crippen molar-refractivity contribution in [3.8, 4) is 0 Å². The fourth-order valence-corrected chi connectivity index (χ4v) is 6.26. The molecule has 3 heteroatoms. The van der Waals surface area contributed by atoms with Crippen LogP contribution >= 0.6 is 0 Å². The molecular formula is C26H42O2Si. The standard InChI is InChI=1S/C26H42O2Si/c1-24(2,3)29(6,7)28-21-14-18-25(4,19-15-21)16-8-10-20-12-13-22-23(27)11-9-17-26(20,22)5/h8,10,14-15,18,20,22H,9,11-13,16-17,19H2,1-7H3/t20-,22-,25-,26+/m0/s1. The van der Waals surface area contributed by atoms with Gasteiger partial charge >= 0.3 is 0 Å². The van der Waals surface area contributed by atoms with Crippen LogP contribution in [0.4, 0.5) is 0 Å². The highest BCUT2D eigenvalue weighted by Gasteiger charge is 2.50. The van der Waals surface area contributed by atoms with Gasteiger partial charge in [-0.1, -0.05) is 52.8 Å². The van der Waals surface area contributed by atoms with Gasteiger partial charge in [-0.2, -0.15) is 0 Å². The molecule has 162 valence electrons. The average molecular weight is 415 g/mol. The Balaban J connectivity index is 1.58. The van der Waals surface area contributed by atoms with Crippen LogP contribution in [0, 0.1) is 22.7 Å². The zero-order valence-corrected chi connectivity index (χ0v) is 20.8. The van der Waals surface area contributed by atoms with Gasteiger partial charge in [-0.3, -0.25) is 4.79 Å². The van der Waals surface area contributed by atoms with Crippen molar-refractivity contribution in [1.82, 2.24) is 0 Å². The second kappa shape index (κ2) is 7.87. The maximum atomic E-state index is 12.3. The van der Waals surface area contributed by atoms with E-state index in [1.165, 1.54) is 12.8 Å². The van der Waals surface area contributed by atoms with Gasteiger partial charge in [-0.15, -0.1) is 0 Å². The van der Waals surface area contributed by atoms with Gasteiger partial charge in [0.05, 0.1) is 5.76 Å². The first-order valence-electron chi connectivity index (χ1n) is 11.6. The Morgan fingerprint density at radius 3 is 2.59 bits per heavy atom. The minimum Gasteiger partial charge on any atom is -0.544 e. The van der Waals surface area contributed by atoms with E-state index in [9.17, 15) is 4.79 Å². The summed E-state index contributed by atoms with van der Waals surface area (Å²) in [6.45, 7) is 16.2. The summed E-state index contributed by atoms with van der Waals surface area (Å²) in [6, 6.07) is 0. The number of allylic oxidation sites excluding steroid dienone is 5. The van der Waals surface area contributed by atoms with Crippen LogP contribution in [0.1, 0.15) is 79.6 Å². The molecule has 3 aliphatic carbocycles. The molecule has 0 amide bonds. The number of hydrogen-bond donors (Lipinski definition) is 0. The minimum absolute atomic E-state index is 0.165. The molecule has 3 aliphatic rings. The van der Waals surface area contributed by atoms with E-state index in [0.29, 0.717) is 17.6 Å². The average Bonchev–Trinajstić information content (AvgIpc) is 2.94. The van der Waals surface area contributed by atoms with Crippen LogP contribution in [0.3, 0.4) is 0 Å². The Morgan fingerprint density at radius 2 is 1.97 bits per heavy atom. The highest BCUT2D eigenvalue weighted by atomic mass is 28.4. The van der Waals surface area contributed by atoms with E-state index in [1.807, 2.05) is 0 Å². The van der Waals surface area contributed by atoms with Crippen LogP contribution < -0.4 is 0 Å². The Morgan fingerprint density at radius 1 is 1.24 bits per heavy atom. The quantitative estimate of drug-likeness (QED) is 0.342. The topological polar surface area (TPSA) is 26.3 Å². The van der Waals surface area contributed by atoms with Crippen molar-refractivity contribution in [2.75, 3.05) is 0 Å². The molecule has 0 radical (unpaired) electrons. The number of fused-ring (bicyclic) bond motifs is 1. The third-order valence-corrected chi connectivity index (χ3v) is 12.8. The van der Waals surface area contributed by atoms with Gasteiger partial charge in [0.25, 0.3) is 0 Å². The smallest absolute Gasteiger partial charge is 0.250 e. The summed E-state index contributed by atoms with van der Waals surface area (Å²) in [7, 11) is -1.77. The van der Waals surface area contributed by atoms with E-state index in [4.69, 9.17) is 4.43 Å². The van der Waals surface area contributed by atoms with E-state index in [1.54, 1.807) is 0 Å². The lowest BCUT2D eigenvalue weighted by Gasteiger charge is -2.39. The second-order valence-electron chi connectivity index (χ2n) is 11.9. The maximum absolute atomic E-state index is 12.3. The molecule has 3 rings (SSSR count). The first-order valence-corrected chi connectivity index (χ1v) is 14.5. The zero-order valence-electron chi connectivity index (χ0n) is 19.8. The molecule has 0 bridgehead atoms. The number of rotatable bonds is 5. The molecule has 2 saturated carbocycles. The van der Waals surface area contributed by atoms with Gasteiger partial charge in [-0.25, -0.2) is 0 Å². The number of ketones is 1. The Labute approximate surface area is 180 Å². The van der Waals surface area contributed by atoms with Crippen LogP contribution in [0.5, 0.6) is 0 Å². The largest absolute Gasteiger partial charge is 0.544 e. The SMILES string of the molecule is CC(C)(C)[Si](C)(C)OC1=CC[C@@](C)(CC=C[C@H]2CC[C@H]3C(=O)CCC[C@]23C)C=C1. The van der Waals surface area contributed by atoms with Crippen LogP contribution in [0.15, 0.2) is 36.1 Å². The third-order valence-electron chi connectivity index (χ3n) is 8.49. The fourth-order valence-electron chi connectivity index (χ4n) is 5.22. The van der Waals surface area contributed by atoms with E-state index in [0.717, 1.165) is 37.9 Å². The van der Waals surface area contributed by atoms with Crippen molar-refractivity contribution in [1.29, 1.82) is 0 Å². The van der Waals surface area contributed by atoms with Crippen LogP contribution in [-0.2, 0) is 9.22 Å². The van der Waals surface area contributed by atoms with Crippen molar-refractivity contribution in [2.45, 2.75) is 97.7 Å². The molecule has 0 unspecified atom stereocenters. The van der Waals surface area contributed by atoms with Crippen LogP contribution in [0.2, 0.25) is 18.1 Å². The molecular weight excluding hydrogens is 372 g/mol. The lowest BCUT2D eigenvalue weighted by Crippen LogP contribution is -2.40. The highest BCUT2D eigenvalue weighted by Crippen LogP contribution is 2.54. The molecule has 2 nitrogen and oxygen atoms in total. The Hall–Kier alpha value is -1.09. The van der Waals surface area contributed by atoms with E-state index in [2.05, 4.69) is 78.1 Å². The van der Waals surface area contributed by atoms with E-state index < -0.39 is 8.32 Å². The summed E-state index contributed by atoms with van der Waals surface area (Å²) in [4.78, 5) is 12.3. The predicted octanol–water partition coefficient (Wildman–Crippen LogP) is 7.59. The van der Waals surface area contributed by atoms with Crippen molar-refractivity contribution < 1.29 is 9.22 Å². The number of hydrogen-bond acceptors (Lipinski definition) is 2. The number of Topliss-reactive ketones (excluding diaryl/α,β-unsaturated/α-hetero) is 1. The van der Waals surface area contributed by atoms with Gasteiger partial charge in [0, 0.05) is 12.3 Å². The monoisotopic (exact) mass is 414 g/mol. The number of carbonyl (C=O) groups is 1. The van der Waals surface area contributed by atoms with Crippen molar-refractivity contribution >= 4 is 14.1 Å². The molecule has 0 heterocycles. The Kier molecular flexibility index (Phi) is 6.13.